The maximum atomic E-state index is 6.22. The third-order valence-electron chi connectivity index (χ3n) is 3.08. The molecular formula is C14H17ClN2O2S. The topological polar surface area (TPSA) is 43.4 Å². The van der Waals surface area contributed by atoms with E-state index in [1.165, 1.54) is 0 Å². The smallest absolute Gasteiger partial charge is 0.179 e. The van der Waals surface area contributed by atoms with Gasteiger partial charge in [0.25, 0.3) is 0 Å². The summed E-state index contributed by atoms with van der Waals surface area (Å²) in [4.78, 5) is 4.62. The molecule has 6 heteroatoms. The van der Waals surface area contributed by atoms with Gasteiger partial charge in [0.1, 0.15) is 5.01 Å². The van der Waals surface area contributed by atoms with Gasteiger partial charge in [0, 0.05) is 17.0 Å². The minimum atomic E-state index is 0.218. The Kier molecular flexibility index (Phi) is 4.86. The van der Waals surface area contributed by atoms with Crippen LogP contribution in [0.4, 0.5) is 0 Å². The van der Waals surface area contributed by atoms with Gasteiger partial charge in [-0.2, -0.15) is 0 Å². The number of rotatable bonds is 5. The molecule has 0 radical (unpaired) electrons. The standard InChI is InChI=1S/C14H17ClN2O2S/c1-8(16-2)11-7-20-14(17-11)9-5-10(15)13(19-4)12(6-9)18-3/h5-8,16H,1-4H3. The van der Waals surface area contributed by atoms with Crippen molar-refractivity contribution in [3.05, 3.63) is 28.2 Å². The zero-order valence-electron chi connectivity index (χ0n) is 11.9. The molecule has 108 valence electrons. The lowest BCUT2D eigenvalue weighted by molar-refractivity contribution is 0.355. The zero-order chi connectivity index (χ0) is 14.7. The molecule has 1 N–H and O–H groups in total. The molecule has 1 unspecified atom stereocenters. The van der Waals surface area contributed by atoms with Gasteiger partial charge in [0.2, 0.25) is 0 Å². The van der Waals surface area contributed by atoms with Crippen LogP contribution < -0.4 is 14.8 Å². The molecule has 1 aromatic carbocycles. The number of hydrogen-bond donors (Lipinski definition) is 1. The number of hydrogen-bond acceptors (Lipinski definition) is 5. The molecule has 0 aliphatic heterocycles. The number of ether oxygens (including phenoxy) is 2. The third-order valence-corrected chi connectivity index (χ3v) is 4.27. The summed E-state index contributed by atoms with van der Waals surface area (Å²) in [5.74, 6) is 1.15. The lowest BCUT2D eigenvalue weighted by atomic mass is 10.2. The molecule has 4 nitrogen and oxygen atoms in total. The molecule has 0 saturated heterocycles. The van der Waals surface area contributed by atoms with Crippen molar-refractivity contribution >= 4 is 22.9 Å². The minimum Gasteiger partial charge on any atom is -0.493 e. The van der Waals surface area contributed by atoms with Gasteiger partial charge < -0.3 is 14.8 Å². The van der Waals surface area contributed by atoms with Crippen molar-refractivity contribution < 1.29 is 9.47 Å². The molecule has 1 heterocycles. The van der Waals surface area contributed by atoms with Crippen LogP contribution in [0.2, 0.25) is 5.02 Å². The second kappa shape index (κ2) is 6.43. The Morgan fingerprint density at radius 2 is 2.05 bits per heavy atom. The molecule has 1 atom stereocenters. The van der Waals surface area contributed by atoms with Crippen molar-refractivity contribution in [2.75, 3.05) is 21.3 Å². The Morgan fingerprint density at radius 3 is 2.65 bits per heavy atom. The van der Waals surface area contributed by atoms with E-state index in [4.69, 9.17) is 21.1 Å². The van der Waals surface area contributed by atoms with Crippen molar-refractivity contribution in [3.63, 3.8) is 0 Å². The first-order valence-corrected chi connectivity index (χ1v) is 7.41. The van der Waals surface area contributed by atoms with E-state index in [1.54, 1.807) is 25.6 Å². The number of aromatic nitrogens is 1. The van der Waals surface area contributed by atoms with Crippen molar-refractivity contribution in [3.8, 4) is 22.1 Å². The predicted octanol–water partition coefficient (Wildman–Crippen LogP) is 3.76. The van der Waals surface area contributed by atoms with Crippen LogP contribution in [-0.4, -0.2) is 26.3 Å². The number of thiazole rings is 1. The summed E-state index contributed by atoms with van der Waals surface area (Å²) in [6, 6.07) is 3.95. The molecule has 0 aliphatic rings. The van der Waals surface area contributed by atoms with E-state index >= 15 is 0 Å². The molecule has 2 aromatic rings. The average molecular weight is 313 g/mol. The number of halogens is 1. The quantitative estimate of drug-likeness (QED) is 0.913. The van der Waals surface area contributed by atoms with Crippen LogP contribution >= 0.6 is 22.9 Å². The molecule has 0 aliphatic carbocycles. The SMILES string of the molecule is CNC(C)c1csc(-c2cc(Cl)c(OC)c(OC)c2)n1. The maximum absolute atomic E-state index is 6.22. The highest BCUT2D eigenvalue weighted by Crippen LogP contribution is 2.40. The highest BCUT2D eigenvalue weighted by Gasteiger charge is 2.15. The molecule has 0 bridgehead atoms. The van der Waals surface area contributed by atoms with E-state index < -0.39 is 0 Å². The first kappa shape index (κ1) is 15.1. The van der Waals surface area contributed by atoms with Crippen LogP contribution in [0.3, 0.4) is 0 Å². The Labute approximate surface area is 127 Å². The van der Waals surface area contributed by atoms with Gasteiger partial charge in [-0.25, -0.2) is 4.98 Å². The fourth-order valence-corrected chi connectivity index (χ4v) is 3.00. The van der Waals surface area contributed by atoms with Crippen LogP contribution in [0.15, 0.2) is 17.5 Å². The highest BCUT2D eigenvalue weighted by atomic mass is 35.5. The first-order chi connectivity index (χ1) is 9.60. The largest absolute Gasteiger partial charge is 0.493 e. The lowest BCUT2D eigenvalue weighted by Crippen LogP contribution is -2.12. The molecule has 20 heavy (non-hydrogen) atoms. The Hall–Kier alpha value is -1.30. The van der Waals surface area contributed by atoms with Gasteiger partial charge in [-0.3, -0.25) is 0 Å². The van der Waals surface area contributed by atoms with Gasteiger partial charge in [-0.15, -0.1) is 11.3 Å². The fourth-order valence-electron chi connectivity index (χ4n) is 1.81. The van der Waals surface area contributed by atoms with Gasteiger partial charge in [-0.1, -0.05) is 11.6 Å². The summed E-state index contributed by atoms with van der Waals surface area (Å²) in [6.07, 6.45) is 0. The molecule has 0 spiro atoms. The van der Waals surface area contributed by atoms with Crippen molar-refractivity contribution in [1.82, 2.24) is 10.3 Å². The molecule has 0 amide bonds. The summed E-state index contributed by atoms with van der Waals surface area (Å²) in [7, 11) is 5.07. The van der Waals surface area contributed by atoms with E-state index in [9.17, 15) is 0 Å². The van der Waals surface area contributed by atoms with Gasteiger partial charge in [0.15, 0.2) is 11.5 Å². The Morgan fingerprint density at radius 1 is 1.30 bits per heavy atom. The number of methoxy groups -OCH3 is 2. The molecule has 0 saturated carbocycles. The van der Waals surface area contributed by atoms with Crippen LogP contribution in [0.1, 0.15) is 18.7 Å². The van der Waals surface area contributed by atoms with Crippen molar-refractivity contribution in [1.29, 1.82) is 0 Å². The molecule has 0 fully saturated rings. The second-order valence-corrected chi connectivity index (χ2v) is 5.55. The Balaban J connectivity index is 2.42. The molecular weight excluding hydrogens is 296 g/mol. The lowest BCUT2D eigenvalue weighted by Gasteiger charge is -2.10. The Bertz CT molecular complexity index is 601. The first-order valence-electron chi connectivity index (χ1n) is 6.15. The summed E-state index contributed by atoms with van der Waals surface area (Å²) in [6.45, 7) is 2.07. The van der Waals surface area contributed by atoms with Crippen LogP contribution in [0.25, 0.3) is 10.6 Å². The number of benzene rings is 1. The van der Waals surface area contributed by atoms with Crippen LogP contribution in [0, 0.1) is 0 Å². The fraction of sp³-hybridized carbons (Fsp3) is 0.357. The van der Waals surface area contributed by atoms with E-state index in [-0.39, 0.29) is 6.04 Å². The van der Waals surface area contributed by atoms with Crippen LogP contribution in [0.5, 0.6) is 11.5 Å². The van der Waals surface area contributed by atoms with Gasteiger partial charge >= 0.3 is 0 Å². The zero-order valence-corrected chi connectivity index (χ0v) is 13.4. The number of nitrogens with one attached hydrogen (secondary N) is 1. The summed E-state index contributed by atoms with van der Waals surface area (Å²) < 4.78 is 10.5. The van der Waals surface area contributed by atoms with E-state index in [0.29, 0.717) is 16.5 Å². The molecule has 2 rings (SSSR count). The monoisotopic (exact) mass is 312 g/mol. The maximum Gasteiger partial charge on any atom is 0.179 e. The molecule has 1 aromatic heterocycles. The average Bonchev–Trinajstić information content (AvgIpc) is 2.95. The number of nitrogens with zero attached hydrogens (tertiary/aromatic N) is 1. The predicted molar refractivity (Wildman–Crippen MR) is 83.1 cm³/mol. The van der Waals surface area contributed by atoms with Crippen molar-refractivity contribution in [2.45, 2.75) is 13.0 Å². The third kappa shape index (κ3) is 2.90. The summed E-state index contributed by atoms with van der Waals surface area (Å²) in [5.41, 5.74) is 1.94. The van der Waals surface area contributed by atoms with Gasteiger partial charge in [0.05, 0.1) is 24.9 Å². The van der Waals surface area contributed by atoms with Gasteiger partial charge in [-0.05, 0) is 26.1 Å². The van der Waals surface area contributed by atoms with E-state index in [2.05, 4.69) is 17.2 Å². The minimum absolute atomic E-state index is 0.218. The van der Waals surface area contributed by atoms with E-state index in [1.807, 2.05) is 24.6 Å². The van der Waals surface area contributed by atoms with Crippen molar-refractivity contribution in [2.24, 2.45) is 0 Å². The second-order valence-electron chi connectivity index (χ2n) is 4.28. The normalized spacial score (nSPS) is 12.2. The highest BCUT2D eigenvalue weighted by molar-refractivity contribution is 7.13. The summed E-state index contributed by atoms with van der Waals surface area (Å²) in [5, 5.41) is 6.64. The summed E-state index contributed by atoms with van der Waals surface area (Å²) >= 11 is 7.80. The van der Waals surface area contributed by atoms with Crippen LogP contribution in [-0.2, 0) is 0 Å². The van der Waals surface area contributed by atoms with E-state index in [0.717, 1.165) is 16.3 Å².